The number of rotatable bonds is 7. The first-order valence-corrected chi connectivity index (χ1v) is 20.9. The molecule has 10 aliphatic carbocycles. The Bertz CT molecular complexity index is 1840. The predicted octanol–water partition coefficient (Wildman–Crippen LogP) is 9.21. The highest BCUT2D eigenvalue weighted by molar-refractivity contribution is 6.10. The summed E-state index contributed by atoms with van der Waals surface area (Å²) in [6.45, 7) is 5.75. The molecule has 0 aromatic heterocycles. The molecule has 6 nitrogen and oxygen atoms in total. The lowest BCUT2D eigenvalue weighted by Gasteiger charge is -2.71. The van der Waals surface area contributed by atoms with Crippen molar-refractivity contribution in [2.45, 2.75) is 109 Å². The summed E-state index contributed by atoms with van der Waals surface area (Å²) in [5, 5.41) is 27.7. The number of amides is 2. The van der Waals surface area contributed by atoms with Crippen molar-refractivity contribution in [2.75, 3.05) is 18.4 Å². The van der Waals surface area contributed by atoms with Gasteiger partial charge in [-0.15, -0.1) is 0 Å². The fourth-order valence-electron chi connectivity index (χ4n) is 15.5. The van der Waals surface area contributed by atoms with Gasteiger partial charge in [-0.25, -0.2) is 4.79 Å². The maximum absolute atomic E-state index is 14.9. The van der Waals surface area contributed by atoms with E-state index in [0.717, 1.165) is 61.1 Å². The minimum Gasteiger partial charge on any atom is -0.393 e. The Morgan fingerprint density at radius 1 is 0.755 bits per heavy atom. The van der Waals surface area contributed by atoms with Crippen molar-refractivity contribution >= 4 is 17.5 Å². The lowest BCUT2D eigenvalue weighted by atomic mass is 9.32. The van der Waals surface area contributed by atoms with E-state index in [0.29, 0.717) is 31.5 Å². The van der Waals surface area contributed by atoms with Gasteiger partial charge in [-0.1, -0.05) is 80.6 Å². The number of para-hydroxylation sites is 1. The highest BCUT2D eigenvalue weighted by Crippen LogP contribution is 2.78. The summed E-state index contributed by atoms with van der Waals surface area (Å²) in [4.78, 5) is 31.4. The SMILES string of the molecule is CC12CCC(O)CC13C=CC1(C(C(=O)c4ccccc4)=C3)C2CCC2(C)C1CCC2(O)CN(CC12CC3CC(CC(C3)C1)C2)C(=O)Nc1ccccc1. The molecule has 0 aliphatic heterocycles. The van der Waals surface area contributed by atoms with Crippen LogP contribution in [0.4, 0.5) is 10.5 Å². The van der Waals surface area contributed by atoms with Gasteiger partial charge in [-0.2, -0.15) is 0 Å². The Balaban J connectivity index is 1.03. The molecule has 6 heteroatoms. The number of hydrogen-bond donors (Lipinski definition) is 3. The van der Waals surface area contributed by atoms with Gasteiger partial charge in [0.25, 0.3) is 0 Å². The van der Waals surface area contributed by atoms with Gasteiger partial charge >= 0.3 is 6.03 Å². The third-order valence-electron chi connectivity index (χ3n) is 17.4. The van der Waals surface area contributed by atoms with Crippen molar-refractivity contribution in [3.8, 4) is 0 Å². The van der Waals surface area contributed by atoms with Gasteiger partial charge in [0, 0.05) is 39.6 Å². The van der Waals surface area contributed by atoms with Crippen molar-refractivity contribution < 1.29 is 19.8 Å². The van der Waals surface area contributed by atoms with Gasteiger partial charge in [-0.3, -0.25) is 4.79 Å². The third kappa shape index (κ3) is 4.82. The van der Waals surface area contributed by atoms with Crippen LogP contribution >= 0.6 is 0 Å². The minimum atomic E-state index is -1.10. The Labute approximate surface area is 315 Å². The quantitative estimate of drug-likeness (QED) is 0.197. The number of carbonyl (C=O) groups excluding carboxylic acids is 2. The Kier molecular flexibility index (Phi) is 7.53. The minimum absolute atomic E-state index is 0.0504. The van der Waals surface area contributed by atoms with E-state index in [4.69, 9.17) is 0 Å². The van der Waals surface area contributed by atoms with Gasteiger partial charge < -0.3 is 20.4 Å². The first-order chi connectivity index (χ1) is 25.4. The molecule has 2 aromatic rings. The number of hydrogen-bond acceptors (Lipinski definition) is 4. The molecule has 8 unspecified atom stereocenters. The van der Waals surface area contributed by atoms with Crippen molar-refractivity contribution in [3.05, 3.63) is 90.0 Å². The first kappa shape index (κ1) is 34.3. The van der Waals surface area contributed by atoms with E-state index in [1.807, 2.05) is 65.6 Å². The van der Waals surface area contributed by atoms with E-state index in [2.05, 4.69) is 37.4 Å². The number of benzene rings is 2. The standard InChI is InChI=1S/C47H58N2O4/c1-42-16-13-36(50)27-45(42)19-20-47(37(28-45)40(51)34-9-5-3-6-10-34)38(42)14-17-43(2)39(47)15-18-46(43,53)30-49(41(52)48-35-11-7-4-8-12-35)29-44-24-31-21-32(25-44)23-33(22-31)26-44/h3-12,19-20,28,31-33,36,38-39,50,53H,13-18,21-27,29-30H2,1-2H3,(H,48,52). The van der Waals surface area contributed by atoms with Crippen molar-refractivity contribution in [1.82, 2.24) is 4.90 Å². The van der Waals surface area contributed by atoms with Gasteiger partial charge in [0.1, 0.15) is 0 Å². The van der Waals surface area contributed by atoms with Crippen LogP contribution in [0.3, 0.4) is 0 Å². The number of allylic oxidation sites excluding steroid dienone is 4. The maximum atomic E-state index is 14.9. The summed E-state index contributed by atoms with van der Waals surface area (Å²) in [5.41, 5.74) is -0.0412. The third-order valence-corrected chi connectivity index (χ3v) is 17.4. The molecule has 8 atom stereocenters. The van der Waals surface area contributed by atoms with Gasteiger partial charge in [-0.05, 0) is 136 Å². The van der Waals surface area contributed by atoms with Crippen molar-refractivity contribution in [3.63, 3.8) is 0 Å². The van der Waals surface area contributed by atoms with Crippen molar-refractivity contribution in [2.24, 2.45) is 56.7 Å². The van der Waals surface area contributed by atoms with E-state index in [9.17, 15) is 19.8 Å². The van der Waals surface area contributed by atoms with Crippen LogP contribution in [-0.2, 0) is 0 Å². The zero-order chi connectivity index (χ0) is 36.4. The molecular formula is C47H58N2O4. The second-order valence-corrected chi connectivity index (χ2v) is 20.1. The van der Waals surface area contributed by atoms with E-state index in [1.165, 1.54) is 38.5 Å². The number of nitrogens with zero attached hydrogens (tertiary/aromatic N) is 1. The molecule has 2 spiro atoms. The van der Waals surface area contributed by atoms with Crippen LogP contribution in [0.1, 0.15) is 108 Å². The summed E-state index contributed by atoms with van der Waals surface area (Å²) in [6.07, 6.45) is 19.9. The van der Waals surface area contributed by atoms with Gasteiger partial charge in [0.05, 0.1) is 18.2 Å². The van der Waals surface area contributed by atoms with E-state index < -0.39 is 16.4 Å². The lowest BCUT2D eigenvalue weighted by Crippen LogP contribution is -2.67. The average molecular weight is 715 g/mol. The zero-order valence-electron chi connectivity index (χ0n) is 31.7. The number of carbonyl (C=O) groups is 2. The molecule has 3 N–H and O–H groups in total. The normalized spacial score (nSPS) is 45.5. The molecule has 6 bridgehead atoms. The topological polar surface area (TPSA) is 89.9 Å². The molecule has 280 valence electrons. The summed E-state index contributed by atoms with van der Waals surface area (Å²) in [5.74, 6) is 2.71. The zero-order valence-corrected chi connectivity index (χ0v) is 31.7. The molecule has 2 aromatic carbocycles. The van der Waals surface area contributed by atoms with E-state index in [1.54, 1.807) is 0 Å². The number of aliphatic hydroxyl groups excluding tert-OH is 1. The van der Waals surface area contributed by atoms with E-state index >= 15 is 0 Å². The van der Waals surface area contributed by atoms with Crippen LogP contribution in [0.5, 0.6) is 0 Å². The fourth-order valence-corrected chi connectivity index (χ4v) is 15.5. The highest BCUT2D eigenvalue weighted by atomic mass is 16.3. The second kappa shape index (κ2) is 11.6. The van der Waals surface area contributed by atoms with Gasteiger partial charge in [0.2, 0.25) is 0 Å². The van der Waals surface area contributed by atoms with Crippen LogP contribution in [0.2, 0.25) is 0 Å². The highest BCUT2D eigenvalue weighted by Gasteiger charge is 2.74. The number of anilines is 1. The Morgan fingerprint density at radius 2 is 1.36 bits per heavy atom. The van der Waals surface area contributed by atoms with Crippen molar-refractivity contribution in [1.29, 1.82) is 0 Å². The number of nitrogens with one attached hydrogen (secondary N) is 1. The largest absolute Gasteiger partial charge is 0.393 e. The number of urea groups is 1. The summed E-state index contributed by atoms with van der Waals surface area (Å²) >= 11 is 0. The van der Waals surface area contributed by atoms with Gasteiger partial charge in [0.15, 0.2) is 5.78 Å². The number of ketones is 1. The molecule has 7 fully saturated rings. The van der Waals surface area contributed by atoms with Crippen LogP contribution in [0, 0.1) is 56.7 Å². The number of fused-ring (bicyclic) bond motifs is 1. The molecule has 53 heavy (non-hydrogen) atoms. The predicted molar refractivity (Wildman–Crippen MR) is 207 cm³/mol. The smallest absolute Gasteiger partial charge is 0.321 e. The van der Waals surface area contributed by atoms with Crippen LogP contribution < -0.4 is 5.32 Å². The number of aliphatic hydroxyl groups is 2. The molecular weight excluding hydrogens is 657 g/mol. The molecule has 0 heterocycles. The molecule has 12 rings (SSSR count). The van der Waals surface area contributed by atoms with Crippen LogP contribution in [-0.4, -0.2) is 51.7 Å². The molecule has 0 radical (unpaired) electrons. The summed E-state index contributed by atoms with van der Waals surface area (Å²) in [6, 6.07) is 19.4. The molecule has 10 aliphatic rings. The summed E-state index contributed by atoms with van der Waals surface area (Å²) < 4.78 is 0. The average Bonchev–Trinajstić information content (AvgIpc) is 3.41. The lowest BCUT2D eigenvalue weighted by molar-refractivity contribution is -0.176. The monoisotopic (exact) mass is 714 g/mol. The number of Topliss-reactive ketones (excluding diaryl/α,β-unsaturated/α-hetero) is 1. The molecule has 2 amide bonds. The maximum Gasteiger partial charge on any atom is 0.321 e. The fraction of sp³-hybridized carbons (Fsp3) is 0.617. The van der Waals surface area contributed by atoms with Crippen LogP contribution in [0.15, 0.2) is 84.5 Å². The Morgan fingerprint density at radius 3 is 2.04 bits per heavy atom. The summed E-state index contributed by atoms with van der Waals surface area (Å²) in [7, 11) is 0. The first-order valence-electron chi connectivity index (χ1n) is 20.9. The molecule has 0 saturated heterocycles. The van der Waals surface area contributed by atoms with Crippen LogP contribution in [0.25, 0.3) is 0 Å². The molecule has 7 saturated carbocycles. The second-order valence-electron chi connectivity index (χ2n) is 20.1. The Hall–Kier alpha value is -3.22. The van der Waals surface area contributed by atoms with E-state index in [-0.39, 0.29) is 46.0 Å².